The van der Waals surface area contributed by atoms with E-state index in [0.29, 0.717) is 18.7 Å². The monoisotopic (exact) mass is 345 g/mol. The smallest absolute Gasteiger partial charge is 0.323 e. The summed E-state index contributed by atoms with van der Waals surface area (Å²) in [5.41, 5.74) is 3.80. The highest BCUT2D eigenvalue weighted by Gasteiger charge is 2.12. The van der Waals surface area contributed by atoms with E-state index < -0.39 is 0 Å². The zero-order valence-electron chi connectivity index (χ0n) is 13.8. The molecule has 0 atom stereocenters. The van der Waals surface area contributed by atoms with Crippen molar-refractivity contribution in [1.29, 1.82) is 5.26 Å². The number of fused-ring (bicyclic) bond motifs is 1. The van der Waals surface area contributed by atoms with Crippen LogP contribution in [-0.4, -0.2) is 15.1 Å². The van der Waals surface area contributed by atoms with E-state index in [1.807, 2.05) is 42.5 Å². The number of aromatic nitrogens is 3. The second-order valence-corrected chi connectivity index (χ2v) is 5.96. The van der Waals surface area contributed by atoms with Gasteiger partial charge in [0, 0.05) is 18.3 Å². The normalized spacial score (nSPS) is 10.7. The summed E-state index contributed by atoms with van der Waals surface area (Å²) in [5.74, 6) is 0.726. The lowest BCUT2D eigenvalue weighted by molar-refractivity contribution is 0.380. The first-order chi connectivity index (χ1) is 12.7. The van der Waals surface area contributed by atoms with Gasteiger partial charge in [0.15, 0.2) is 5.76 Å². The number of H-pyrrole nitrogens is 2. The fraction of sp³-hybridized carbons (Fsp3) is 0.105. The highest BCUT2D eigenvalue weighted by atomic mass is 16.5. The number of nitriles is 1. The zero-order chi connectivity index (χ0) is 17.9. The van der Waals surface area contributed by atoms with Crippen molar-refractivity contribution >= 4 is 16.7 Å². The fourth-order valence-corrected chi connectivity index (χ4v) is 2.93. The van der Waals surface area contributed by atoms with Gasteiger partial charge in [-0.05, 0) is 35.9 Å². The van der Waals surface area contributed by atoms with E-state index in [1.54, 1.807) is 12.3 Å². The van der Waals surface area contributed by atoms with Crippen LogP contribution in [0.25, 0.3) is 11.0 Å². The highest BCUT2D eigenvalue weighted by Crippen LogP contribution is 2.23. The summed E-state index contributed by atoms with van der Waals surface area (Å²) in [4.78, 5) is 19.1. The van der Waals surface area contributed by atoms with Crippen LogP contribution < -0.4 is 10.6 Å². The van der Waals surface area contributed by atoms with Crippen LogP contribution in [0, 0.1) is 11.3 Å². The molecule has 0 spiro atoms. The van der Waals surface area contributed by atoms with E-state index in [1.165, 1.54) is 0 Å². The lowest BCUT2D eigenvalue weighted by Gasteiger charge is -2.24. The van der Waals surface area contributed by atoms with Crippen molar-refractivity contribution in [3.05, 3.63) is 82.1 Å². The van der Waals surface area contributed by atoms with Gasteiger partial charge >= 0.3 is 5.69 Å². The molecule has 4 aromatic rings. The Labute approximate surface area is 148 Å². The second kappa shape index (κ2) is 6.61. The molecule has 0 aliphatic carbocycles. The standard InChI is InChI=1S/C19H15N5O2/c20-10-13-2-1-3-14(8-13)11-24(12-16-6-7-21-26-16)15-4-5-17-18(9-15)23-19(25)22-17/h1-9H,11-12H2,(H2,22,23,25). The van der Waals surface area contributed by atoms with E-state index in [9.17, 15) is 4.79 Å². The topological polar surface area (TPSA) is 102 Å². The Morgan fingerprint density at radius 2 is 1.96 bits per heavy atom. The number of nitrogens with zero attached hydrogens (tertiary/aromatic N) is 3. The summed E-state index contributed by atoms with van der Waals surface area (Å²) in [6, 6.07) is 17.2. The summed E-state index contributed by atoms with van der Waals surface area (Å²) in [6.07, 6.45) is 1.61. The van der Waals surface area contributed by atoms with Gasteiger partial charge in [-0.3, -0.25) is 0 Å². The quantitative estimate of drug-likeness (QED) is 0.579. The first kappa shape index (κ1) is 15.7. The van der Waals surface area contributed by atoms with Gasteiger partial charge < -0.3 is 19.4 Å². The van der Waals surface area contributed by atoms with Crippen molar-refractivity contribution in [3.63, 3.8) is 0 Å². The van der Waals surface area contributed by atoms with Crippen LogP contribution in [0.1, 0.15) is 16.9 Å². The molecule has 26 heavy (non-hydrogen) atoms. The van der Waals surface area contributed by atoms with Crippen molar-refractivity contribution in [2.75, 3.05) is 4.90 Å². The number of nitrogens with one attached hydrogen (secondary N) is 2. The molecular weight excluding hydrogens is 330 g/mol. The number of anilines is 1. The van der Waals surface area contributed by atoms with Crippen LogP contribution >= 0.6 is 0 Å². The third kappa shape index (κ3) is 3.21. The molecule has 0 radical (unpaired) electrons. The van der Waals surface area contributed by atoms with Gasteiger partial charge in [0.2, 0.25) is 0 Å². The summed E-state index contributed by atoms with van der Waals surface area (Å²) in [7, 11) is 0. The van der Waals surface area contributed by atoms with E-state index >= 15 is 0 Å². The molecule has 0 saturated carbocycles. The van der Waals surface area contributed by atoms with Crippen LogP contribution in [0.15, 0.2) is 64.0 Å². The van der Waals surface area contributed by atoms with Crippen LogP contribution in [0.5, 0.6) is 0 Å². The Bertz CT molecular complexity index is 1130. The van der Waals surface area contributed by atoms with E-state index in [0.717, 1.165) is 28.0 Å². The minimum atomic E-state index is -0.236. The molecule has 0 aliphatic heterocycles. The van der Waals surface area contributed by atoms with Crippen molar-refractivity contribution in [2.45, 2.75) is 13.1 Å². The SMILES string of the molecule is N#Cc1cccc(CN(Cc2ccno2)c2ccc3[nH]c(=O)[nH]c3c2)c1. The van der Waals surface area contributed by atoms with Gasteiger partial charge in [0.25, 0.3) is 0 Å². The van der Waals surface area contributed by atoms with E-state index in [4.69, 9.17) is 9.78 Å². The number of rotatable bonds is 5. The molecular formula is C19H15N5O2. The molecule has 0 unspecified atom stereocenters. The van der Waals surface area contributed by atoms with Crippen molar-refractivity contribution in [1.82, 2.24) is 15.1 Å². The molecule has 2 aromatic heterocycles. The lowest BCUT2D eigenvalue weighted by atomic mass is 10.1. The molecule has 7 heteroatoms. The van der Waals surface area contributed by atoms with Crippen LogP contribution in [0.4, 0.5) is 5.69 Å². The van der Waals surface area contributed by atoms with Crippen LogP contribution in [0.3, 0.4) is 0 Å². The first-order valence-corrected chi connectivity index (χ1v) is 8.07. The Morgan fingerprint density at radius 1 is 1.08 bits per heavy atom. The third-order valence-corrected chi connectivity index (χ3v) is 4.13. The van der Waals surface area contributed by atoms with Gasteiger partial charge in [0.1, 0.15) is 0 Å². The van der Waals surface area contributed by atoms with Gasteiger partial charge in [0.05, 0.1) is 35.4 Å². The molecule has 2 N–H and O–H groups in total. The number of benzene rings is 2. The molecule has 0 bridgehead atoms. The largest absolute Gasteiger partial charge is 0.360 e. The summed E-state index contributed by atoms with van der Waals surface area (Å²) >= 11 is 0. The molecule has 0 amide bonds. The van der Waals surface area contributed by atoms with E-state index in [-0.39, 0.29) is 5.69 Å². The average Bonchev–Trinajstić information content (AvgIpc) is 3.29. The van der Waals surface area contributed by atoms with Gasteiger partial charge in [-0.2, -0.15) is 5.26 Å². The average molecular weight is 345 g/mol. The number of hydrogen-bond acceptors (Lipinski definition) is 5. The Hall–Kier alpha value is -3.79. The maximum Gasteiger partial charge on any atom is 0.323 e. The minimum absolute atomic E-state index is 0.236. The molecule has 2 heterocycles. The molecule has 2 aromatic carbocycles. The fourth-order valence-electron chi connectivity index (χ4n) is 2.93. The highest BCUT2D eigenvalue weighted by molar-refractivity contribution is 5.79. The lowest BCUT2D eigenvalue weighted by Crippen LogP contribution is -2.21. The number of imidazole rings is 1. The summed E-state index contributed by atoms with van der Waals surface area (Å²) in [6.45, 7) is 1.09. The molecule has 0 saturated heterocycles. The zero-order valence-corrected chi connectivity index (χ0v) is 13.8. The second-order valence-electron chi connectivity index (χ2n) is 5.96. The Kier molecular flexibility index (Phi) is 4.00. The maximum atomic E-state index is 11.5. The minimum Gasteiger partial charge on any atom is -0.360 e. The predicted molar refractivity (Wildman–Crippen MR) is 96.5 cm³/mol. The van der Waals surface area contributed by atoms with Gasteiger partial charge in [-0.15, -0.1) is 0 Å². The summed E-state index contributed by atoms with van der Waals surface area (Å²) in [5, 5.41) is 12.9. The third-order valence-electron chi connectivity index (χ3n) is 4.13. The van der Waals surface area contributed by atoms with Crippen molar-refractivity contribution < 1.29 is 4.52 Å². The van der Waals surface area contributed by atoms with Gasteiger partial charge in [-0.25, -0.2) is 4.79 Å². The predicted octanol–water partition coefficient (Wildman–Crippen LogP) is 2.92. The summed E-state index contributed by atoms with van der Waals surface area (Å²) < 4.78 is 5.25. The Morgan fingerprint density at radius 3 is 2.77 bits per heavy atom. The maximum absolute atomic E-state index is 11.5. The molecule has 128 valence electrons. The molecule has 4 rings (SSSR count). The van der Waals surface area contributed by atoms with Gasteiger partial charge in [-0.1, -0.05) is 17.3 Å². The number of hydrogen-bond donors (Lipinski definition) is 2. The van der Waals surface area contributed by atoms with E-state index in [2.05, 4.69) is 26.1 Å². The molecule has 7 nitrogen and oxygen atoms in total. The van der Waals surface area contributed by atoms with Crippen molar-refractivity contribution in [3.8, 4) is 6.07 Å². The first-order valence-electron chi connectivity index (χ1n) is 8.07. The van der Waals surface area contributed by atoms with Crippen LogP contribution in [-0.2, 0) is 13.1 Å². The van der Waals surface area contributed by atoms with Crippen molar-refractivity contribution in [2.24, 2.45) is 0 Å². The van der Waals surface area contributed by atoms with Crippen LogP contribution in [0.2, 0.25) is 0 Å². The Balaban J connectivity index is 1.71. The molecule has 0 fully saturated rings. The number of aromatic amines is 2. The molecule has 0 aliphatic rings.